The number of rotatable bonds is 11. The molecule has 8 heteroatoms. The molecular weight excluding hydrogens is 453 g/mol. The standard InChI is InChI=1S/C26H28NO6P/c1-4-15-32-26(29)22-14-13-21-12-11-20(16-23(21)17-22)18-34(30,27-19(3)25(28)31-5-2)33-24-9-7-6-8-10-24/h4,6-14,16-17,19H,1,5,15,18H2,2-3H3,(H,27,30)/t19-,34?/m0/s1. The molecule has 178 valence electrons. The van der Waals surface area contributed by atoms with Crippen molar-refractivity contribution in [2.24, 2.45) is 0 Å². The van der Waals surface area contributed by atoms with Gasteiger partial charge in [-0.1, -0.05) is 55.1 Å². The van der Waals surface area contributed by atoms with Crippen molar-refractivity contribution in [2.45, 2.75) is 26.1 Å². The van der Waals surface area contributed by atoms with E-state index in [0.717, 1.165) is 10.8 Å². The fourth-order valence-electron chi connectivity index (χ4n) is 3.35. The number of para-hydroxylation sites is 1. The average Bonchev–Trinajstić information content (AvgIpc) is 2.82. The lowest BCUT2D eigenvalue weighted by Gasteiger charge is -2.24. The monoisotopic (exact) mass is 481 g/mol. The molecule has 3 aromatic carbocycles. The van der Waals surface area contributed by atoms with Crippen LogP contribution < -0.4 is 9.61 Å². The molecule has 1 N–H and O–H groups in total. The summed E-state index contributed by atoms with van der Waals surface area (Å²) in [6.07, 6.45) is 1.53. The van der Waals surface area contributed by atoms with Crippen molar-refractivity contribution in [3.63, 3.8) is 0 Å². The van der Waals surface area contributed by atoms with Crippen LogP contribution in [-0.4, -0.2) is 31.2 Å². The maximum Gasteiger partial charge on any atom is 0.338 e. The number of esters is 2. The van der Waals surface area contributed by atoms with Gasteiger partial charge in [0.25, 0.3) is 0 Å². The van der Waals surface area contributed by atoms with Gasteiger partial charge in [0.1, 0.15) is 18.4 Å². The highest BCUT2D eigenvalue weighted by atomic mass is 31.2. The first-order valence-corrected chi connectivity index (χ1v) is 12.7. The lowest BCUT2D eigenvalue weighted by atomic mass is 10.0. The van der Waals surface area contributed by atoms with E-state index < -0.39 is 25.5 Å². The number of ether oxygens (including phenoxy) is 2. The smallest absolute Gasteiger partial charge is 0.338 e. The lowest BCUT2D eigenvalue weighted by Crippen LogP contribution is -2.34. The van der Waals surface area contributed by atoms with Crippen LogP contribution in [0.5, 0.6) is 5.75 Å². The summed E-state index contributed by atoms with van der Waals surface area (Å²) >= 11 is 0. The normalized spacial score (nSPS) is 13.5. The van der Waals surface area contributed by atoms with Crippen LogP contribution in [0.1, 0.15) is 29.8 Å². The molecule has 34 heavy (non-hydrogen) atoms. The molecule has 0 bridgehead atoms. The molecule has 0 aliphatic heterocycles. The molecule has 7 nitrogen and oxygen atoms in total. The number of benzene rings is 3. The Balaban J connectivity index is 1.89. The number of hydrogen-bond acceptors (Lipinski definition) is 6. The zero-order valence-electron chi connectivity index (χ0n) is 19.2. The minimum absolute atomic E-state index is 0.0206. The summed E-state index contributed by atoms with van der Waals surface area (Å²) in [5.41, 5.74) is 1.12. The van der Waals surface area contributed by atoms with E-state index in [1.165, 1.54) is 6.08 Å². The van der Waals surface area contributed by atoms with Crippen molar-refractivity contribution < 1.29 is 28.2 Å². The maximum absolute atomic E-state index is 13.9. The molecule has 0 fully saturated rings. The lowest BCUT2D eigenvalue weighted by molar-refractivity contribution is -0.144. The Labute approximate surface area is 199 Å². The van der Waals surface area contributed by atoms with Crippen LogP contribution in [0.15, 0.2) is 79.4 Å². The van der Waals surface area contributed by atoms with Crippen molar-refractivity contribution in [3.8, 4) is 5.75 Å². The summed E-state index contributed by atoms with van der Waals surface area (Å²) in [5.74, 6) is -0.543. The number of carbonyl (C=O) groups is 2. The first kappa shape index (κ1) is 25.2. The first-order valence-electron chi connectivity index (χ1n) is 10.9. The van der Waals surface area contributed by atoms with Gasteiger partial charge >= 0.3 is 19.5 Å². The summed E-state index contributed by atoms with van der Waals surface area (Å²) in [7, 11) is -3.57. The van der Waals surface area contributed by atoms with Gasteiger partial charge in [-0.2, -0.15) is 0 Å². The van der Waals surface area contributed by atoms with Crippen molar-refractivity contribution in [3.05, 3.63) is 90.5 Å². The molecule has 0 aliphatic rings. The quantitative estimate of drug-likeness (QED) is 0.220. The van der Waals surface area contributed by atoms with Gasteiger partial charge in [0.05, 0.1) is 18.3 Å². The average molecular weight is 481 g/mol. The van der Waals surface area contributed by atoms with Gasteiger partial charge in [0, 0.05) is 0 Å². The van der Waals surface area contributed by atoms with Crippen LogP contribution in [0.4, 0.5) is 0 Å². The Morgan fingerprint density at radius 3 is 2.47 bits per heavy atom. The highest BCUT2D eigenvalue weighted by molar-refractivity contribution is 7.56. The van der Waals surface area contributed by atoms with Gasteiger partial charge in [-0.3, -0.25) is 9.36 Å². The fourth-order valence-corrected chi connectivity index (χ4v) is 5.39. The van der Waals surface area contributed by atoms with E-state index in [4.69, 9.17) is 14.0 Å². The van der Waals surface area contributed by atoms with E-state index in [2.05, 4.69) is 11.7 Å². The summed E-state index contributed by atoms with van der Waals surface area (Å²) in [4.78, 5) is 24.4. The second-order valence-corrected chi connectivity index (χ2v) is 9.73. The predicted octanol–water partition coefficient (Wildman–Crippen LogP) is 5.50. The van der Waals surface area contributed by atoms with E-state index in [1.807, 2.05) is 30.3 Å². The van der Waals surface area contributed by atoms with E-state index in [-0.39, 0.29) is 19.4 Å². The topological polar surface area (TPSA) is 90.9 Å². The molecule has 0 saturated carbocycles. The third-order valence-electron chi connectivity index (χ3n) is 4.89. The summed E-state index contributed by atoms with van der Waals surface area (Å²) < 4.78 is 29.9. The van der Waals surface area contributed by atoms with Crippen LogP contribution in [-0.2, 0) is 25.0 Å². The van der Waals surface area contributed by atoms with Crippen molar-refractivity contribution in [2.75, 3.05) is 13.2 Å². The Kier molecular flexibility index (Phi) is 8.63. The van der Waals surface area contributed by atoms with Crippen molar-refractivity contribution >= 4 is 30.2 Å². The van der Waals surface area contributed by atoms with Crippen LogP contribution in [0, 0.1) is 0 Å². The Morgan fingerprint density at radius 1 is 1.03 bits per heavy atom. The van der Waals surface area contributed by atoms with Gasteiger partial charge in [-0.15, -0.1) is 0 Å². The Morgan fingerprint density at radius 2 is 1.76 bits per heavy atom. The molecule has 0 heterocycles. The molecule has 3 rings (SSSR count). The van der Waals surface area contributed by atoms with Gasteiger partial charge in [0.2, 0.25) is 0 Å². The van der Waals surface area contributed by atoms with Crippen LogP contribution in [0.3, 0.4) is 0 Å². The molecule has 0 saturated heterocycles. The van der Waals surface area contributed by atoms with Crippen LogP contribution in [0.2, 0.25) is 0 Å². The minimum Gasteiger partial charge on any atom is -0.465 e. The fraction of sp³-hybridized carbons (Fsp3) is 0.231. The van der Waals surface area contributed by atoms with Gasteiger partial charge in [-0.05, 0) is 54.4 Å². The van der Waals surface area contributed by atoms with Crippen LogP contribution >= 0.6 is 7.52 Å². The number of nitrogens with one attached hydrogen (secondary N) is 1. The Bertz CT molecular complexity index is 1210. The largest absolute Gasteiger partial charge is 0.465 e. The third kappa shape index (κ3) is 6.80. The summed E-state index contributed by atoms with van der Waals surface area (Å²) in [5, 5.41) is 4.55. The zero-order valence-corrected chi connectivity index (χ0v) is 20.1. The zero-order chi connectivity index (χ0) is 24.6. The highest BCUT2D eigenvalue weighted by Crippen LogP contribution is 2.47. The number of hydrogen-bond donors (Lipinski definition) is 1. The molecule has 3 aromatic rings. The maximum atomic E-state index is 13.9. The molecule has 2 atom stereocenters. The minimum atomic E-state index is -3.57. The molecule has 0 radical (unpaired) electrons. The van der Waals surface area contributed by atoms with Crippen molar-refractivity contribution in [1.29, 1.82) is 0 Å². The Hall–Kier alpha value is -3.41. The second kappa shape index (κ2) is 11.6. The molecule has 0 amide bonds. The van der Waals surface area contributed by atoms with E-state index in [1.54, 1.807) is 50.2 Å². The predicted molar refractivity (Wildman–Crippen MR) is 132 cm³/mol. The summed E-state index contributed by atoms with van der Waals surface area (Å²) in [6.45, 7) is 7.18. The van der Waals surface area contributed by atoms with E-state index in [0.29, 0.717) is 16.9 Å². The second-order valence-electron chi connectivity index (χ2n) is 7.62. The van der Waals surface area contributed by atoms with Gasteiger partial charge in [0.15, 0.2) is 0 Å². The van der Waals surface area contributed by atoms with E-state index in [9.17, 15) is 14.2 Å². The number of fused-ring (bicyclic) bond motifs is 1. The van der Waals surface area contributed by atoms with Gasteiger partial charge in [-0.25, -0.2) is 9.88 Å². The molecule has 0 aromatic heterocycles. The van der Waals surface area contributed by atoms with E-state index >= 15 is 0 Å². The van der Waals surface area contributed by atoms with Crippen molar-refractivity contribution in [1.82, 2.24) is 5.09 Å². The van der Waals surface area contributed by atoms with Crippen LogP contribution in [0.25, 0.3) is 10.8 Å². The SMILES string of the molecule is C=CCOC(=O)c1ccc2ccc(CP(=O)(N[C@@H](C)C(=O)OCC)Oc3ccccc3)cc2c1. The number of carbonyl (C=O) groups excluding carboxylic acids is 2. The first-order chi connectivity index (χ1) is 16.3. The highest BCUT2D eigenvalue weighted by Gasteiger charge is 2.31. The molecule has 0 spiro atoms. The third-order valence-corrected chi connectivity index (χ3v) is 6.96. The van der Waals surface area contributed by atoms with Gasteiger partial charge < -0.3 is 14.0 Å². The summed E-state index contributed by atoms with van der Waals surface area (Å²) in [6, 6.07) is 18.8. The molecular formula is C26H28NO6P. The molecule has 1 unspecified atom stereocenters. The molecule has 0 aliphatic carbocycles.